The normalized spacial score (nSPS) is 11.4. The highest BCUT2D eigenvalue weighted by atomic mass is 19.4. The van der Waals surface area contributed by atoms with Crippen LogP contribution in [0.3, 0.4) is 0 Å². The second-order valence-corrected chi connectivity index (χ2v) is 5.27. The van der Waals surface area contributed by atoms with E-state index in [1.165, 1.54) is 30.3 Å². The van der Waals surface area contributed by atoms with Crippen molar-refractivity contribution in [1.82, 2.24) is 0 Å². The summed E-state index contributed by atoms with van der Waals surface area (Å²) in [5.74, 6) is -2.43. The molecular formula is C18H15F3N2O2. The molecule has 7 heteroatoms. The molecule has 2 aromatic carbocycles. The van der Waals surface area contributed by atoms with E-state index in [1.807, 2.05) is 31.2 Å². The fraction of sp³-hybridized carbons (Fsp3) is 0.111. The molecule has 2 amide bonds. The number of hydrogen-bond acceptors (Lipinski definition) is 2. The van der Waals surface area contributed by atoms with Crippen molar-refractivity contribution in [2.24, 2.45) is 0 Å². The lowest BCUT2D eigenvalue weighted by Crippen LogP contribution is -2.29. The van der Waals surface area contributed by atoms with Crippen LogP contribution in [-0.4, -0.2) is 18.0 Å². The molecule has 25 heavy (non-hydrogen) atoms. The molecule has 0 fully saturated rings. The van der Waals surface area contributed by atoms with Crippen LogP contribution in [0.4, 0.5) is 24.5 Å². The average Bonchev–Trinajstić information content (AvgIpc) is 2.54. The van der Waals surface area contributed by atoms with Gasteiger partial charge in [0.25, 0.3) is 0 Å². The molecule has 0 atom stereocenters. The van der Waals surface area contributed by atoms with Gasteiger partial charge >= 0.3 is 12.1 Å². The zero-order chi connectivity index (χ0) is 18.4. The van der Waals surface area contributed by atoms with Gasteiger partial charge in [-0.3, -0.25) is 9.59 Å². The SMILES string of the molecule is Cc1cccc(/C=C/C(=O)Nc2ccc(NC(=O)C(F)(F)F)cc2)c1. The maximum atomic E-state index is 12.2. The number of aryl methyl sites for hydroxylation is 1. The molecule has 0 spiro atoms. The van der Waals surface area contributed by atoms with Crippen LogP contribution in [-0.2, 0) is 9.59 Å². The first-order valence-electron chi connectivity index (χ1n) is 7.28. The minimum absolute atomic E-state index is 0.0179. The highest BCUT2D eigenvalue weighted by molar-refractivity contribution is 6.02. The Morgan fingerprint density at radius 1 is 0.960 bits per heavy atom. The van der Waals surface area contributed by atoms with Crippen LogP contribution < -0.4 is 10.6 Å². The van der Waals surface area contributed by atoms with E-state index >= 15 is 0 Å². The van der Waals surface area contributed by atoms with Crippen molar-refractivity contribution in [2.45, 2.75) is 13.1 Å². The van der Waals surface area contributed by atoms with Crippen LogP contribution in [0.5, 0.6) is 0 Å². The van der Waals surface area contributed by atoms with Crippen molar-refractivity contribution >= 4 is 29.3 Å². The number of halogens is 3. The van der Waals surface area contributed by atoms with E-state index < -0.39 is 12.1 Å². The van der Waals surface area contributed by atoms with Gasteiger partial charge in [-0.1, -0.05) is 29.8 Å². The maximum Gasteiger partial charge on any atom is 0.471 e. The highest BCUT2D eigenvalue weighted by Crippen LogP contribution is 2.19. The topological polar surface area (TPSA) is 58.2 Å². The van der Waals surface area contributed by atoms with Crippen molar-refractivity contribution in [2.75, 3.05) is 10.6 Å². The fourth-order valence-electron chi connectivity index (χ4n) is 1.97. The van der Waals surface area contributed by atoms with Gasteiger partial charge in [-0.25, -0.2) is 0 Å². The number of nitrogens with one attached hydrogen (secondary N) is 2. The maximum absolute atomic E-state index is 12.2. The lowest BCUT2D eigenvalue weighted by atomic mass is 10.1. The Balaban J connectivity index is 1.94. The van der Waals surface area contributed by atoms with Crippen LogP contribution in [0, 0.1) is 6.92 Å². The molecule has 0 unspecified atom stereocenters. The average molecular weight is 348 g/mol. The van der Waals surface area contributed by atoms with Gasteiger partial charge in [0, 0.05) is 17.5 Å². The molecule has 0 bridgehead atoms. The third-order valence-corrected chi connectivity index (χ3v) is 3.14. The summed E-state index contributed by atoms with van der Waals surface area (Å²) >= 11 is 0. The predicted octanol–water partition coefficient (Wildman–Crippen LogP) is 4.15. The van der Waals surface area contributed by atoms with E-state index in [4.69, 9.17) is 0 Å². The molecule has 0 radical (unpaired) electrons. The number of hydrogen-bond donors (Lipinski definition) is 2. The molecule has 0 aliphatic carbocycles. The lowest BCUT2D eigenvalue weighted by Gasteiger charge is -2.08. The Morgan fingerprint density at radius 2 is 1.56 bits per heavy atom. The van der Waals surface area contributed by atoms with E-state index in [0.717, 1.165) is 11.1 Å². The van der Waals surface area contributed by atoms with E-state index in [9.17, 15) is 22.8 Å². The Kier molecular flexibility index (Phi) is 5.59. The Bertz CT molecular complexity index is 797. The summed E-state index contributed by atoms with van der Waals surface area (Å²) < 4.78 is 36.5. The van der Waals surface area contributed by atoms with Gasteiger partial charge in [-0.2, -0.15) is 13.2 Å². The molecule has 2 N–H and O–H groups in total. The first kappa shape index (κ1) is 18.3. The van der Waals surface area contributed by atoms with Crippen molar-refractivity contribution in [3.63, 3.8) is 0 Å². The van der Waals surface area contributed by atoms with E-state index in [1.54, 1.807) is 11.4 Å². The van der Waals surface area contributed by atoms with Crippen LogP contribution in [0.15, 0.2) is 54.6 Å². The van der Waals surface area contributed by atoms with Gasteiger partial charge in [0.2, 0.25) is 5.91 Å². The van der Waals surface area contributed by atoms with E-state index in [2.05, 4.69) is 5.32 Å². The van der Waals surface area contributed by atoms with Crippen molar-refractivity contribution in [1.29, 1.82) is 0 Å². The molecule has 0 saturated heterocycles. The Labute approximate surface area is 142 Å². The summed E-state index contributed by atoms with van der Waals surface area (Å²) in [5.41, 5.74) is 2.32. The number of rotatable bonds is 4. The molecule has 0 aromatic heterocycles. The Morgan fingerprint density at radius 3 is 2.12 bits per heavy atom. The van der Waals surface area contributed by atoms with Gasteiger partial charge < -0.3 is 10.6 Å². The molecule has 130 valence electrons. The van der Waals surface area contributed by atoms with Gasteiger partial charge in [-0.15, -0.1) is 0 Å². The van der Waals surface area contributed by atoms with Crippen molar-refractivity contribution in [3.8, 4) is 0 Å². The third-order valence-electron chi connectivity index (χ3n) is 3.14. The zero-order valence-corrected chi connectivity index (χ0v) is 13.2. The zero-order valence-electron chi connectivity index (χ0n) is 13.2. The summed E-state index contributed by atoms with van der Waals surface area (Å²) in [6.45, 7) is 1.94. The number of amides is 2. The second kappa shape index (κ2) is 7.65. The van der Waals surface area contributed by atoms with Gasteiger partial charge in [-0.05, 0) is 42.8 Å². The van der Waals surface area contributed by atoms with Gasteiger partial charge in [0.05, 0.1) is 0 Å². The minimum Gasteiger partial charge on any atom is -0.323 e. The van der Waals surface area contributed by atoms with E-state index in [0.29, 0.717) is 5.69 Å². The number of benzene rings is 2. The monoisotopic (exact) mass is 348 g/mol. The summed E-state index contributed by atoms with van der Waals surface area (Å²) in [6, 6.07) is 12.9. The van der Waals surface area contributed by atoms with E-state index in [-0.39, 0.29) is 11.6 Å². The van der Waals surface area contributed by atoms with Crippen LogP contribution in [0.1, 0.15) is 11.1 Å². The third kappa shape index (κ3) is 5.80. The number of carbonyl (C=O) groups is 2. The van der Waals surface area contributed by atoms with Crippen molar-refractivity contribution < 1.29 is 22.8 Å². The van der Waals surface area contributed by atoms with Gasteiger partial charge in [0.1, 0.15) is 0 Å². The second-order valence-electron chi connectivity index (χ2n) is 5.27. The van der Waals surface area contributed by atoms with Crippen LogP contribution >= 0.6 is 0 Å². The van der Waals surface area contributed by atoms with Gasteiger partial charge in [0.15, 0.2) is 0 Å². The molecule has 0 aliphatic rings. The molecule has 2 aromatic rings. The number of alkyl halides is 3. The summed E-state index contributed by atoms with van der Waals surface area (Å²) in [6.07, 6.45) is -1.94. The molecular weight excluding hydrogens is 333 g/mol. The molecule has 0 heterocycles. The van der Waals surface area contributed by atoms with Crippen LogP contribution in [0.2, 0.25) is 0 Å². The first-order chi connectivity index (χ1) is 11.7. The summed E-state index contributed by atoms with van der Waals surface area (Å²) in [5, 5.41) is 4.30. The fourth-order valence-corrected chi connectivity index (χ4v) is 1.97. The predicted molar refractivity (Wildman–Crippen MR) is 90.0 cm³/mol. The molecule has 0 aliphatic heterocycles. The number of anilines is 2. The quantitative estimate of drug-likeness (QED) is 0.816. The van der Waals surface area contributed by atoms with Crippen LogP contribution in [0.25, 0.3) is 6.08 Å². The van der Waals surface area contributed by atoms with Crippen molar-refractivity contribution in [3.05, 3.63) is 65.7 Å². The summed E-state index contributed by atoms with van der Waals surface area (Å²) in [4.78, 5) is 22.7. The lowest BCUT2D eigenvalue weighted by molar-refractivity contribution is -0.167. The Hall–Kier alpha value is -3.09. The largest absolute Gasteiger partial charge is 0.471 e. The standard InChI is InChI=1S/C18H15F3N2O2/c1-12-3-2-4-13(11-12)5-10-16(24)22-14-6-8-15(9-7-14)23-17(25)18(19,20)21/h2-11H,1H3,(H,22,24)(H,23,25)/b10-5+. The minimum atomic E-state index is -4.95. The molecule has 0 saturated carbocycles. The number of carbonyl (C=O) groups excluding carboxylic acids is 2. The molecule has 2 rings (SSSR count). The summed E-state index contributed by atoms with van der Waals surface area (Å²) in [7, 11) is 0. The molecule has 4 nitrogen and oxygen atoms in total. The highest BCUT2D eigenvalue weighted by Gasteiger charge is 2.38. The first-order valence-corrected chi connectivity index (χ1v) is 7.28. The smallest absolute Gasteiger partial charge is 0.323 e.